The van der Waals surface area contributed by atoms with Crippen LogP contribution in [-0.2, 0) is 16.6 Å². The van der Waals surface area contributed by atoms with Gasteiger partial charge in [0, 0.05) is 44.8 Å². The number of hydrogen-bond acceptors (Lipinski definition) is 6. The van der Waals surface area contributed by atoms with Gasteiger partial charge < -0.3 is 9.47 Å². The van der Waals surface area contributed by atoms with Gasteiger partial charge in [0.25, 0.3) is 0 Å². The Bertz CT molecular complexity index is 981. The highest BCUT2D eigenvalue weighted by molar-refractivity contribution is 7.89. The van der Waals surface area contributed by atoms with Gasteiger partial charge in [0.2, 0.25) is 10.0 Å². The van der Waals surface area contributed by atoms with Crippen LogP contribution < -0.4 is 9.47 Å². The third kappa shape index (κ3) is 5.26. The maximum Gasteiger partial charge on any atom is 0.243 e. The van der Waals surface area contributed by atoms with Crippen LogP contribution in [0.4, 0.5) is 0 Å². The smallest absolute Gasteiger partial charge is 0.243 e. The zero-order chi connectivity index (χ0) is 22.6. The van der Waals surface area contributed by atoms with Crippen molar-refractivity contribution >= 4 is 10.0 Å². The molecule has 2 aromatic rings. The Morgan fingerprint density at radius 1 is 0.844 bits per heavy atom. The van der Waals surface area contributed by atoms with Crippen LogP contribution in [0, 0.1) is 0 Å². The summed E-state index contributed by atoms with van der Waals surface area (Å²) in [6, 6.07) is 15.5. The van der Waals surface area contributed by atoms with Crippen molar-refractivity contribution in [1.29, 1.82) is 0 Å². The topological polar surface area (TPSA) is 62.3 Å². The lowest BCUT2D eigenvalue weighted by molar-refractivity contribution is 0.0786. The maximum atomic E-state index is 13.0. The van der Waals surface area contributed by atoms with Crippen LogP contribution in [0.25, 0.3) is 0 Å². The Morgan fingerprint density at radius 3 is 2.12 bits per heavy atom. The van der Waals surface area contributed by atoms with E-state index in [4.69, 9.17) is 9.47 Å². The molecule has 0 saturated carbocycles. The number of piperazine rings is 1. The lowest BCUT2D eigenvalue weighted by Crippen LogP contribution is -2.54. The molecule has 2 aliphatic rings. The molecule has 0 aliphatic carbocycles. The molecule has 2 aliphatic heterocycles. The molecule has 0 radical (unpaired) electrons. The van der Waals surface area contributed by atoms with Crippen molar-refractivity contribution in [3.05, 3.63) is 54.1 Å². The molecule has 8 heteroatoms. The van der Waals surface area contributed by atoms with E-state index < -0.39 is 10.0 Å². The number of ether oxygens (including phenoxy) is 2. The Morgan fingerprint density at radius 2 is 1.50 bits per heavy atom. The van der Waals surface area contributed by atoms with Gasteiger partial charge in [-0.15, -0.1) is 0 Å². The molecular weight excluding hydrogens is 426 g/mol. The van der Waals surface area contributed by atoms with Crippen LogP contribution in [0.15, 0.2) is 53.4 Å². The van der Waals surface area contributed by atoms with Gasteiger partial charge in [0.05, 0.1) is 19.1 Å². The molecule has 0 aromatic heterocycles. The van der Waals surface area contributed by atoms with Crippen molar-refractivity contribution in [3.8, 4) is 11.5 Å². The van der Waals surface area contributed by atoms with Crippen molar-refractivity contribution in [2.24, 2.45) is 0 Å². The van der Waals surface area contributed by atoms with Crippen LogP contribution >= 0.6 is 0 Å². The zero-order valence-electron chi connectivity index (χ0n) is 18.9. The summed E-state index contributed by atoms with van der Waals surface area (Å²) >= 11 is 0. The highest BCUT2D eigenvalue weighted by Gasteiger charge is 2.32. The molecule has 0 amide bonds. The molecule has 2 aromatic carbocycles. The molecule has 32 heavy (non-hydrogen) atoms. The number of rotatable bonds is 7. The lowest BCUT2D eigenvalue weighted by Gasteiger charge is -2.42. The Labute approximate surface area is 191 Å². The predicted molar refractivity (Wildman–Crippen MR) is 125 cm³/mol. The fourth-order valence-electron chi connectivity index (χ4n) is 4.65. The first-order valence-electron chi connectivity index (χ1n) is 11.2. The van der Waals surface area contributed by atoms with E-state index in [1.54, 1.807) is 42.8 Å². The summed E-state index contributed by atoms with van der Waals surface area (Å²) < 4.78 is 38.1. The highest BCUT2D eigenvalue weighted by Crippen LogP contribution is 2.25. The van der Waals surface area contributed by atoms with Crippen molar-refractivity contribution in [3.63, 3.8) is 0 Å². The van der Waals surface area contributed by atoms with Crippen molar-refractivity contribution < 1.29 is 17.9 Å². The van der Waals surface area contributed by atoms with E-state index >= 15 is 0 Å². The van der Waals surface area contributed by atoms with Crippen LogP contribution in [0.3, 0.4) is 0 Å². The summed E-state index contributed by atoms with van der Waals surface area (Å²) in [6.45, 7) is 5.73. The second kappa shape index (κ2) is 10.2. The summed E-state index contributed by atoms with van der Waals surface area (Å²) in [5.74, 6) is 1.45. The van der Waals surface area contributed by atoms with Crippen molar-refractivity contribution in [1.82, 2.24) is 14.1 Å². The SMILES string of the molecule is COc1ccc(CN2CCC(N3CCN(S(=O)(=O)c4cccc(OC)c4)CC3)CC2)cc1. The molecule has 7 nitrogen and oxygen atoms in total. The fraction of sp³-hybridized carbons (Fsp3) is 0.500. The molecule has 0 spiro atoms. The molecule has 0 N–H and O–H groups in total. The summed E-state index contributed by atoms with van der Waals surface area (Å²) in [5.41, 5.74) is 1.31. The third-order valence-electron chi connectivity index (χ3n) is 6.59. The predicted octanol–water partition coefficient (Wildman–Crippen LogP) is 2.67. The zero-order valence-corrected chi connectivity index (χ0v) is 19.8. The number of piperidine rings is 1. The summed E-state index contributed by atoms with van der Waals surface area (Å²) in [4.78, 5) is 5.28. The highest BCUT2D eigenvalue weighted by atomic mass is 32.2. The molecular formula is C24H33N3O4S. The van der Waals surface area contributed by atoms with Gasteiger partial charge >= 0.3 is 0 Å². The second-order valence-corrected chi connectivity index (χ2v) is 10.4. The minimum absolute atomic E-state index is 0.303. The fourth-order valence-corrected chi connectivity index (χ4v) is 6.11. The van der Waals surface area contributed by atoms with Crippen molar-refractivity contribution in [2.75, 3.05) is 53.5 Å². The van der Waals surface area contributed by atoms with E-state index in [0.717, 1.165) is 51.3 Å². The standard InChI is InChI=1S/C24H33N3O4S/c1-30-22-8-6-20(7-9-22)19-25-12-10-21(11-13-25)26-14-16-27(17-15-26)32(28,29)24-5-3-4-23(18-24)31-2/h3-9,18,21H,10-17,19H2,1-2H3. The van der Waals surface area contributed by atoms with Gasteiger partial charge in [-0.1, -0.05) is 18.2 Å². The minimum atomic E-state index is -3.49. The number of benzene rings is 2. The Balaban J connectivity index is 1.26. The molecule has 2 fully saturated rings. The van der Waals surface area contributed by atoms with E-state index in [1.807, 2.05) is 12.1 Å². The Hall–Kier alpha value is -2.13. The van der Waals surface area contributed by atoms with Gasteiger partial charge in [-0.05, 0) is 55.8 Å². The molecule has 0 atom stereocenters. The van der Waals surface area contributed by atoms with E-state index in [2.05, 4.69) is 21.9 Å². The van der Waals surface area contributed by atoms with Crippen LogP contribution in [0.5, 0.6) is 11.5 Å². The van der Waals surface area contributed by atoms with Gasteiger partial charge in [0.1, 0.15) is 11.5 Å². The second-order valence-electron chi connectivity index (χ2n) is 8.47. The summed E-state index contributed by atoms with van der Waals surface area (Å²) in [7, 11) is -0.251. The molecule has 2 heterocycles. The number of likely N-dealkylation sites (tertiary alicyclic amines) is 1. The van der Waals surface area contributed by atoms with Crippen LogP contribution in [0.1, 0.15) is 18.4 Å². The average Bonchev–Trinajstić information content (AvgIpc) is 2.85. The van der Waals surface area contributed by atoms with E-state index in [0.29, 0.717) is 29.8 Å². The molecule has 4 rings (SSSR count). The number of sulfonamides is 1. The lowest BCUT2D eigenvalue weighted by atomic mass is 10.0. The number of methoxy groups -OCH3 is 2. The van der Waals surface area contributed by atoms with Crippen LogP contribution in [0.2, 0.25) is 0 Å². The molecule has 174 valence electrons. The van der Waals surface area contributed by atoms with E-state index in [9.17, 15) is 8.42 Å². The summed E-state index contributed by atoms with van der Waals surface area (Å²) in [6.07, 6.45) is 2.25. The third-order valence-corrected chi connectivity index (χ3v) is 8.49. The first kappa shape index (κ1) is 23.0. The number of nitrogens with zero attached hydrogens (tertiary/aromatic N) is 3. The quantitative estimate of drug-likeness (QED) is 0.635. The van der Waals surface area contributed by atoms with Gasteiger partial charge in [-0.3, -0.25) is 9.80 Å². The van der Waals surface area contributed by atoms with Gasteiger partial charge in [0.15, 0.2) is 0 Å². The molecule has 2 saturated heterocycles. The van der Waals surface area contributed by atoms with E-state index in [-0.39, 0.29) is 0 Å². The summed E-state index contributed by atoms with van der Waals surface area (Å²) in [5, 5.41) is 0. The molecule has 0 unspecified atom stereocenters. The normalized spacial score (nSPS) is 19.7. The average molecular weight is 460 g/mol. The first-order valence-corrected chi connectivity index (χ1v) is 12.7. The monoisotopic (exact) mass is 459 g/mol. The van der Waals surface area contributed by atoms with Crippen molar-refractivity contribution in [2.45, 2.75) is 30.3 Å². The first-order chi connectivity index (χ1) is 15.5. The van der Waals surface area contributed by atoms with Crippen LogP contribution in [-0.4, -0.2) is 82.1 Å². The molecule has 0 bridgehead atoms. The number of hydrogen-bond donors (Lipinski definition) is 0. The Kier molecular flexibility index (Phi) is 7.35. The van der Waals surface area contributed by atoms with Gasteiger partial charge in [-0.2, -0.15) is 4.31 Å². The van der Waals surface area contributed by atoms with Gasteiger partial charge in [-0.25, -0.2) is 8.42 Å². The largest absolute Gasteiger partial charge is 0.497 e. The van der Waals surface area contributed by atoms with E-state index in [1.165, 1.54) is 5.56 Å². The maximum absolute atomic E-state index is 13.0. The minimum Gasteiger partial charge on any atom is -0.497 e.